The number of hydrogen-bond acceptors (Lipinski definition) is 5. The summed E-state index contributed by atoms with van der Waals surface area (Å²) in [5.41, 5.74) is 3.27. The zero-order valence-corrected chi connectivity index (χ0v) is 16.0. The Morgan fingerprint density at radius 2 is 1.59 bits per heavy atom. The van der Waals surface area contributed by atoms with Gasteiger partial charge in [0.2, 0.25) is 0 Å². The topological polar surface area (TPSA) is 53.5 Å². The maximum absolute atomic E-state index is 12.5. The second kappa shape index (κ2) is 7.06. The Kier molecular flexibility index (Phi) is 4.59. The molecule has 1 aliphatic heterocycles. The van der Waals surface area contributed by atoms with Crippen LogP contribution >= 0.6 is 11.3 Å². The van der Waals surface area contributed by atoms with Crippen molar-refractivity contribution in [1.82, 2.24) is 14.8 Å². The molecule has 0 spiro atoms. The van der Waals surface area contributed by atoms with E-state index in [9.17, 15) is 9.59 Å². The van der Waals surface area contributed by atoms with Gasteiger partial charge >= 0.3 is 0 Å². The Balaban J connectivity index is 1.51. The molecule has 5 nitrogen and oxygen atoms in total. The number of nitrogens with zero attached hydrogens (tertiary/aromatic N) is 3. The van der Waals surface area contributed by atoms with Crippen LogP contribution in [0.4, 0.5) is 0 Å². The molecule has 0 saturated heterocycles. The van der Waals surface area contributed by atoms with Gasteiger partial charge in [-0.2, -0.15) is 0 Å². The van der Waals surface area contributed by atoms with Crippen LogP contribution in [-0.4, -0.2) is 40.7 Å². The van der Waals surface area contributed by atoms with Crippen molar-refractivity contribution in [3.63, 3.8) is 0 Å². The van der Waals surface area contributed by atoms with Crippen molar-refractivity contribution in [3.8, 4) is 10.4 Å². The first-order chi connectivity index (χ1) is 13.0. The molecule has 0 fully saturated rings. The highest BCUT2D eigenvalue weighted by atomic mass is 32.1. The van der Waals surface area contributed by atoms with Gasteiger partial charge in [-0.05, 0) is 37.4 Å². The molecule has 6 heteroatoms. The fourth-order valence-electron chi connectivity index (χ4n) is 3.17. The van der Waals surface area contributed by atoms with Gasteiger partial charge in [-0.3, -0.25) is 14.5 Å². The normalized spacial score (nSPS) is 13.5. The van der Waals surface area contributed by atoms with Gasteiger partial charge in [-0.15, -0.1) is 11.3 Å². The maximum atomic E-state index is 12.5. The van der Waals surface area contributed by atoms with Crippen LogP contribution in [0.2, 0.25) is 0 Å². The lowest BCUT2D eigenvalue weighted by atomic mass is 10.1. The monoisotopic (exact) mass is 377 g/mol. The predicted molar refractivity (Wildman–Crippen MR) is 106 cm³/mol. The minimum absolute atomic E-state index is 0.204. The molecule has 1 aromatic heterocycles. The van der Waals surface area contributed by atoms with Gasteiger partial charge in [-0.25, -0.2) is 4.98 Å². The summed E-state index contributed by atoms with van der Waals surface area (Å²) >= 11 is 1.51. The largest absolute Gasteiger partial charge is 0.305 e. The van der Waals surface area contributed by atoms with Crippen molar-refractivity contribution in [3.05, 3.63) is 76.4 Å². The zero-order valence-electron chi connectivity index (χ0n) is 15.2. The number of fused-ring (bicyclic) bond motifs is 1. The van der Waals surface area contributed by atoms with Crippen molar-refractivity contribution < 1.29 is 9.59 Å². The highest BCUT2D eigenvalue weighted by Crippen LogP contribution is 2.29. The van der Waals surface area contributed by atoms with Gasteiger partial charge in [0.1, 0.15) is 5.01 Å². The Morgan fingerprint density at radius 1 is 0.963 bits per heavy atom. The van der Waals surface area contributed by atoms with Gasteiger partial charge in [0.15, 0.2) is 0 Å². The van der Waals surface area contributed by atoms with Crippen LogP contribution < -0.4 is 0 Å². The minimum Gasteiger partial charge on any atom is -0.305 e. The van der Waals surface area contributed by atoms with E-state index in [2.05, 4.69) is 34.1 Å². The Morgan fingerprint density at radius 3 is 2.19 bits per heavy atom. The zero-order chi connectivity index (χ0) is 19.0. The molecule has 2 heterocycles. The summed E-state index contributed by atoms with van der Waals surface area (Å²) in [4.78, 5) is 33.8. The van der Waals surface area contributed by atoms with E-state index in [0.717, 1.165) is 22.0 Å². The number of rotatable bonds is 5. The molecule has 0 atom stereocenters. The number of carbonyl (C=O) groups is 2. The Hall–Kier alpha value is -2.83. The fraction of sp³-hybridized carbons (Fsp3) is 0.190. The lowest BCUT2D eigenvalue weighted by Crippen LogP contribution is -2.28. The quantitative estimate of drug-likeness (QED) is 0.637. The van der Waals surface area contributed by atoms with Crippen molar-refractivity contribution in [1.29, 1.82) is 0 Å². The molecule has 0 unspecified atom stereocenters. The second-order valence-electron chi connectivity index (χ2n) is 6.79. The summed E-state index contributed by atoms with van der Waals surface area (Å²) in [7, 11) is 4.09. The average Bonchev–Trinajstić information content (AvgIpc) is 3.22. The first-order valence-electron chi connectivity index (χ1n) is 8.67. The van der Waals surface area contributed by atoms with Crippen LogP contribution in [0.15, 0.2) is 54.7 Å². The summed E-state index contributed by atoms with van der Waals surface area (Å²) in [5.74, 6) is -0.499. The van der Waals surface area contributed by atoms with E-state index < -0.39 is 0 Å². The molecule has 2 aromatic carbocycles. The third-order valence-electron chi connectivity index (χ3n) is 4.46. The Bertz CT molecular complexity index is 973. The standard InChI is InChI=1S/C21H19N3O2S/c1-23(2)12-14-7-9-15(10-8-14)18-11-22-19(27-18)13-24-20(25)16-5-3-4-6-17(16)21(24)26/h3-11H,12-13H2,1-2H3. The summed E-state index contributed by atoms with van der Waals surface area (Å²) in [6.07, 6.45) is 1.80. The summed E-state index contributed by atoms with van der Waals surface area (Å²) in [6.45, 7) is 1.10. The van der Waals surface area contributed by atoms with Gasteiger partial charge in [0.25, 0.3) is 11.8 Å². The molecule has 2 amide bonds. The minimum atomic E-state index is -0.250. The summed E-state index contributed by atoms with van der Waals surface area (Å²) < 4.78 is 0. The van der Waals surface area contributed by atoms with E-state index >= 15 is 0 Å². The van der Waals surface area contributed by atoms with Crippen LogP contribution in [0.1, 0.15) is 31.3 Å². The summed E-state index contributed by atoms with van der Waals surface area (Å²) in [6, 6.07) is 15.3. The third-order valence-corrected chi connectivity index (χ3v) is 5.49. The van der Waals surface area contributed by atoms with E-state index in [1.54, 1.807) is 30.5 Å². The highest BCUT2D eigenvalue weighted by Gasteiger charge is 2.35. The molecule has 0 saturated carbocycles. The van der Waals surface area contributed by atoms with Crippen LogP contribution in [0.5, 0.6) is 0 Å². The van der Waals surface area contributed by atoms with E-state index in [1.165, 1.54) is 21.8 Å². The molecule has 0 N–H and O–H groups in total. The first-order valence-corrected chi connectivity index (χ1v) is 9.48. The van der Waals surface area contributed by atoms with E-state index in [4.69, 9.17) is 0 Å². The molecule has 3 aromatic rings. The molecule has 4 rings (SSSR count). The second-order valence-corrected chi connectivity index (χ2v) is 7.91. The third kappa shape index (κ3) is 3.41. The Labute approximate surface area is 161 Å². The van der Waals surface area contributed by atoms with Crippen molar-refractivity contribution in [2.45, 2.75) is 13.1 Å². The molecule has 0 radical (unpaired) electrons. The van der Waals surface area contributed by atoms with Crippen LogP contribution in [-0.2, 0) is 13.1 Å². The van der Waals surface area contributed by atoms with Crippen LogP contribution in [0.3, 0.4) is 0 Å². The smallest absolute Gasteiger partial charge is 0.261 e. The molecule has 136 valence electrons. The van der Waals surface area contributed by atoms with Crippen LogP contribution in [0.25, 0.3) is 10.4 Å². The van der Waals surface area contributed by atoms with Gasteiger partial charge in [0, 0.05) is 12.7 Å². The van der Waals surface area contributed by atoms with Crippen molar-refractivity contribution in [2.24, 2.45) is 0 Å². The van der Waals surface area contributed by atoms with E-state index in [1.807, 2.05) is 14.1 Å². The maximum Gasteiger partial charge on any atom is 0.261 e. The number of benzene rings is 2. The molecule has 0 bridgehead atoms. The van der Waals surface area contributed by atoms with Gasteiger partial charge in [0.05, 0.1) is 22.5 Å². The summed E-state index contributed by atoms with van der Waals surface area (Å²) in [5, 5.41) is 0.747. The number of carbonyl (C=O) groups excluding carboxylic acids is 2. The van der Waals surface area contributed by atoms with Gasteiger partial charge < -0.3 is 4.90 Å². The molecule has 1 aliphatic rings. The van der Waals surface area contributed by atoms with Crippen LogP contribution in [0, 0.1) is 0 Å². The number of amides is 2. The van der Waals surface area contributed by atoms with E-state index in [-0.39, 0.29) is 18.4 Å². The number of thiazole rings is 1. The molecule has 0 aliphatic carbocycles. The van der Waals surface area contributed by atoms with Crippen molar-refractivity contribution >= 4 is 23.2 Å². The number of hydrogen-bond donors (Lipinski definition) is 0. The first kappa shape index (κ1) is 17.6. The molecular weight excluding hydrogens is 358 g/mol. The van der Waals surface area contributed by atoms with E-state index in [0.29, 0.717) is 11.1 Å². The predicted octanol–water partition coefficient (Wildman–Crippen LogP) is 3.67. The average molecular weight is 377 g/mol. The van der Waals surface area contributed by atoms with Gasteiger partial charge in [-0.1, -0.05) is 36.4 Å². The number of aromatic nitrogens is 1. The fourth-order valence-corrected chi connectivity index (χ4v) is 4.09. The highest BCUT2D eigenvalue weighted by molar-refractivity contribution is 7.15. The molecular formula is C21H19N3O2S. The van der Waals surface area contributed by atoms with Crippen molar-refractivity contribution in [2.75, 3.05) is 14.1 Å². The SMILES string of the molecule is CN(C)Cc1ccc(-c2cnc(CN3C(=O)c4ccccc4C3=O)s2)cc1. The molecule has 27 heavy (non-hydrogen) atoms. The lowest BCUT2D eigenvalue weighted by molar-refractivity contribution is 0.0642. The lowest BCUT2D eigenvalue weighted by Gasteiger charge is -2.11. The number of imide groups is 1.